The zero-order chi connectivity index (χ0) is 14.5. The molecule has 0 aromatic carbocycles. The molecule has 1 amide bonds. The van der Waals surface area contributed by atoms with Gasteiger partial charge in [-0.25, -0.2) is 0 Å². The zero-order valence-electron chi connectivity index (χ0n) is 12.1. The van der Waals surface area contributed by atoms with Crippen molar-refractivity contribution in [3.8, 4) is 0 Å². The molecule has 2 aromatic heterocycles. The van der Waals surface area contributed by atoms with Crippen molar-refractivity contribution in [2.45, 2.75) is 25.7 Å². The molecule has 0 N–H and O–H groups in total. The number of thiophene rings is 1. The maximum Gasteiger partial charge on any atom is 0.227 e. The predicted octanol–water partition coefficient (Wildman–Crippen LogP) is 3.17. The molecule has 1 unspecified atom stereocenters. The van der Waals surface area contributed by atoms with Gasteiger partial charge in [-0.05, 0) is 59.7 Å². The second kappa shape index (κ2) is 6.85. The van der Waals surface area contributed by atoms with Gasteiger partial charge in [-0.15, -0.1) is 0 Å². The van der Waals surface area contributed by atoms with Crippen LogP contribution in [0.1, 0.15) is 24.1 Å². The lowest BCUT2D eigenvalue weighted by molar-refractivity contribution is -0.132. The number of hydrogen-bond acceptors (Lipinski definition) is 3. The summed E-state index contributed by atoms with van der Waals surface area (Å²) < 4.78 is 0. The molecule has 3 rings (SSSR count). The molecule has 0 spiro atoms. The van der Waals surface area contributed by atoms with Crippen molar-refractivity contribution in [1.29, 1.82) is 0 Å². The van der Waals surface area contributed by atoms with Gasteiger partial charge in [-0.2, -0.15) is 11.3 Å². The van der Waals surface area contributed by atoms with E-state index in [0.29, 0.717) is 12.3 Å². The van der Waals surface area contributed by atoms with Crippen LogP contribution in [0.15, 0.2) is 41.2 Å². The lowest BCUT2D eigenvalue weighted by Crippen LogP contribution is -2.41. The van der Waals surface area contributed by atoms with Crippen LogP contribution >= 0.6 is 11.3 Å². The van der Waals surface area contributed by atoms with Crippen LogP contribution < -0.4 is 0 Å². The van der Waals surface area contributed by atoms with Crippen LogP contribution in [-0.2, 0) is 17.6 Å². The van der Waals surface area contributed by atoms with Gasteiger partial charge < -0.3 is 4.90 Å². The first kappa shape index (κ1) is 14.3. The number of carbonyl (C=O) groups excluding carboxylic acids is 1. The fourth-order valence-corrected chi connectivity index (χ4v) is 3.62. The number of aromatic nitrogens is 1. The summed E-state index contributed by atoms with van der Waals surface area (Å²) in [4.78, 5) is 18.8. The third-order valence-electron chi connectivity index (χ3n) is 4.03. The van der Waals surface area contributed by atoms with Crippen LogP contribution in [-0.4, -0.2) is 28.9 Å². The number of piperidine rings is 1. The second-order valence-electron chi connectivity index (χ2n) is 5.68. The third kappa shape index (κ3) is 3.91. The Morgan fingerprint density at radius 2 is 2.33 bits per heavy atom. The molecule has 1 saturated heterocycles. The molecule has 110 valence electrons. The van der Waals surface area contributed by atoms with E-state index in [1.165, 1.54) is 6.42 Å². The largest absolute Gasteiger partial charge is 0.342 e. The number of carbonyl (C=O) groups is 1. The SMILES string of the molecule is O=C(Cc1ccsc1)N1CCCC(Cc2ccccn2)C1. The summed E-state index contributed by atoms with van der Waals surface area (Å²) in [6, 6.07) is 8.09. The molecule has 0 saturated carbocycles. The van der Waals surface area contributed by atoms with E-state index < -0.39 is 0 Å². The summed E-state index contributed by atoms with van der Waals surface area (Å²) in [5.41, 5.74) is 2.27. The lowest BCUT2D eigenvalue weighted by atomic mass is 9.93. The monoisotopic (exact) mass is 300 g/mol. The molecule has 1 aliphatic heterocycles. The summed E-state index contributed by atoms with van der Waals surface area (Å²) in [5.74, 6) is 0.805. The lowest BCUT2D eigenvalue weighted by Gasteiger charge is -2.32. The van der Waals surface area contributed by atoms with Crippen molar-refractivity contribution in [3.63, 3.8) is 0 Å². The number of likely N-dealkylation sites (tertiary alicyclic amines) is 1. The Kier molecular flexibility index (Phi) is 4.65. The molecule has 1 fully saturated rings. The normalized spacial score (nSPS) is 18.7. The third-order valence-corrected chi connectivity index (χ3v) is 4.76. The Hall–Kier alpha value is -1.68. The van der Waals surface area contributed by atoms with Crippen molar-refractivity contribution >= 4 is 17.2 Å². The van der Waals surface area contributed by atoms with Crippen molar-refractivity contribution in [2.75, 3.05) is 13.1 Å². The minimum atomic E-state index is 0.263. The first-order valence-electron chi connectivity index (χ1n) is 7.50. The van der Waals surface area contributed by atoms with Crippen molar-refractivity contribution < 1.29 is 4.79 Å². The Balaban J connectivity index is 1.56. The van der Waals surface area contributed by atoms with E-state index in [4.69, 9.17) is 0 Å². The van der Waals surface area contributed by atoms with E-state index >= 15 is 0 Å². The second-order valence-corrected chi connectivity index (χ2v) is 6.46. The fourth-order valence-electron chi connectivity index (χ4n) is 2.95. The molecular weight excluding hydrogens is 280 g/mol. The highest BCUT2D eigenvalue weighted by Crippen LogP contribution is 2.21. The topological polar surface area (TPSA) is 33.2 Å². The van der Waals surface area contributed by atoms with Crippen LogP contribution in [0.5, 0.6) is 0 Å². The minimum absolute atomic E-state index is 0.263. The van der Waals surface area contributed by atoms with Gasteiger partial charge in [-0.1, -0.05) is 6.07 Å². The average molecular weight is 300 g/mol. The van der Waals surface area contributed by atoms with E-state index in [-0.39, 0.29) is 5.91 Å². The first-order chi connectivity index (χ1) is 10.3. The average Bonchev–Trinajstić information content (AvgIpc) is 3.01. The molecule has 0 aliphatic carbocycles. The van der Waals surface area contributed by atoms with Gasteiger partial charge in [0.15, 0.2) is 0 Å². The number of amides is 1. The van der Waals surface area contributed by atoms with Gasteiger partial charge in [0.05, 0.1) is 6.42 Å². The predicted molar refractivity (Wildman–Crippen MR) is 85.3 cm³/mol. The van der Waals surface area contributed by atoms with Gasteiger partial charge in [0.25, 0.3) is 0 Å². The van der Waals surface area contributed by atoms with Gasteiger partial charge in [-0.3, -0.25) is 9.78 Å². The zero-order valence-corrected chi connectivity index (χ0v) is 12.9. The molecule has 4 heteroatoms. The van der Waals surface area contributed by atoms with Crippen LogP contribution in [0, 0.1) is 5.92 Å². The molecule has 21 heavy (non-hydrogen) atoms. The van der Waals surface area contributed by atoms with Gasteiger partial charge >= 0.3 is 0 Å². The summed E-state index contributed by atoms with van der Waals surface area (Å²) in [5, 5.41) is 4.09. The highest BCUT2D eigenvalue weighted by molar-refractivity contribution is 7.07. The smallest absolute Gasteiger partial charge is 0.227 e. The van der Waals surface area contributed by atoms with Crippen LogP contribution in [0.3, 0.4) is 0 Å². The van der Waals surface area contributed by atoms with Crippen molar-refractivity contribution in [1.82, 2.24) is 9.88 Å². The summed E-state index contributed by atoms with van der Waals surface area (Å²) in [6.45, 7) is 1.78. The van der Waals surface area contributed by atoms with Crippen molar-refractivity contribution in [3.05, 3.63) is 52.5 Å². The number of nitrogens with zero attached hydrogens (tertiary/aromatic N) is 2. The van der Waals surface area contributed by atoms with Gasteiger partial charge in [0.2, 0.25) is 5.91 Å². The van der Waals surface area contributed by atoms with E-state index in [9.17, 15) is 4.79 Å². The molecule has 2 aromatic rings. The molecule has 1 atom stereocenters. The maximum atomic E-state index is 12.4. The molecule has 0 radical (unpaired) electrons. The standard InChI is InChI=1S/C17H20N2OS/c20-17(11-15-6-9-21-13-15)19-8-3-4-14(12-19)10-16-5-1-2-7-18-16/h1-2,5-7,9,13-14H,3-4,8,10-12H2. The number of rotatable bonds is 4. The van der Waals surface area contributed by atoms with Gasteiger partial charge in [0, 0.05) is 25.0 Å². The van der Waals surface area contributed by atoms with Crippen LogP contribution in [0.4, 0.5) is 0 Å². The van der Waals surface area contributed by atoms with Crippen molar-refractivity contribution in [2.24, 2.45) is 5.92 Å². The number of hydrogen-bond donors (Lipinski definition) is 0. The summed E-state index contributed by atoms with van der Waals surface area (Å²) in [7, 11) is 0. The van der Waals surface area contributed by atoms with E-state index in [2.05, 4.69) is 16.4 Å². The molecule has 3 heterocycles. The number of pyridine rings is 1. The first-order valence-corrected chi connectivity index (χ1v) is 8.44. The van der Waals surface area contributed by atoms with E-state index in [1.54, 1.807) is 11.3 Å². The Morgan fingerprint density at radius 3 is 3.10 bits per heavy atom. The Labute approximate surface area is 129 Å². The van der Waals surface area contributed by atoms with E-state index in [0.717, 1.165) is 37.2 Å². The Morgan fingerprint density at radius 1 is 1.38 bits per heavy atom. The molecule has 1 aliphatic rings. The summed E-state index contributed by atoms with van der Waals surface area (Å²) >= 11 is 1.65. The molecular formula is C17H20N2OS. The van der Waals surface area contributed by atoms with Crippen LogP contribution in [0.25, 0.3) is 0 Å². The minimum Gasteiger partial charge on any atom is -0.342 e. The maximum absolute atomic E-state index is 12.4. The molecule has 3 nitrogen and oxygen atoms in total. The van der Waals surface area contributed by atoms with E-state index in [1.807, 2.05) is 34.7 Å². The van der Waals surface area contributed by atoms with Crippen LogP contribution in [0.2, 0.25) is 0 Å². The quantitative estimate of drug-likeness (QED) is 0.869. The highest BCUT2D eigenvalue weighted by atomic mass is 32.1. The fraction of sp³-hybridized carbons (Fsp3) is 0.412. The highest BCUT2D eigenvalue weighted by Gasteiger charge is 2.24. The van der Waals surface area contributed by atoms with Gasteiger partial charge in [0.1, 0.15) is 0 Å². The summed E-state index contributed by atoms with van der Waals surface area (Å²) in [6.07, 6.45) is 5.66. The Bertz CT molecular complexity index is 568. The molecule has 0 bridgehead atoms.